The SMILES string of the molecule is CC1CN(C(=O)COC(=O)C=Cc2ccc(C(F)(F)F)cc2)CC(C)O1. The second-order valence-corrected chi connectivity index (χ2v) is 6.12. The van der Waals surface area contributed by atoms with Gasteiger partial charge in [-0.2, -0.15) is 13.2 Å². The van der Waals surface area contributed by atoms with Crippen LogP contribution in [0.2, 0.25) is 0 Å². The second kappa shape index (κ2) is 8.35. The van der Waals surface area contributed by atoms with Gasteiger partial charge in [0, 0.05) is 19.2 Å². The molecule has 1 aliphatic rings. The monoisotopic (exact) mass is 371 g/mol. The highest BCUT2D eigenvalue weighted by Crippen LogP contribution is 2.29. The number of rotatable bonds is 4. The Balaban J connectivity index is 1.82. The largest absolute Gasteiger partial charge is 0.452 e. The Hall–Kier alpha value is -2.35. The van der Waals surface area contributed by atoms with Crippen molar-refractivity contribution in [1.82, 2.24) is 4.90 Å². The Labute approximate surface area is 149 Å². The number of nitrogens with zero attached hydrogens (tertiary/aromatic N) is 1. The van der Waals surface area contributed by atoms with Crippen molar-refractivity contribution in [2.75, 3.05) is 19.7 Å². The average Bonchev–Trinajstić information content (AvgIpc) is 2.56. The fourth-order valence-electron chi connectivity index (χ4n) is 2.60. The number of halogens is 3. The van der Waals surface area contributed by atoms with Gasteiger partial charge in [0.15, 0.2) is 6.61 Å². The minimum absolute atomic E-state index is 0.0852. The van der Waals surface area contributed by atoms with Gasteiger partial charge < -0.3 is 14.4 Å². The summed E-state index contributed by atoms with van der Waals surface area (Å²) in [7, 11) is 0. The van der Waals surface area contributed by atoms with E-state index in [-0.39, 0.29) is 18.1 Å². The fraction of sp³-hybridized carbons (Fsp3) is 0.444. The van der Waals surface area contributed by atoms with Gasteiger partial charge in [0.25, 0.3) is 5.91 Å². The summed E-state index contributed by atoms with van der Waals surface area (Å²) in [4.78, 5) is 25.3. The number of esters is 1. The molecule has 1 aromatic rings. The van der Waals surface area contributed by atoms with E-state index in [1.807, 2.05) is 13.8 Å². The smallest absolute Gasteiger partial charge is 0.416 e. The number of ether oxygens (including phenoxy) is 2. The standard InChI is InChI=1S/C18H20F3NO4/c1-12-9-22(10-13(2)26-12)16(23)11-25-17(24)8-5-14-3-6-15(7-4-14)18(19,20)21/h3-8,12-13H,9-11H2,1-2H3. The van der Waals surface area contributed by atoms with Crippen molar-refractivity contribution < 1.29 is 32.2 Å². The lowest BCUT2D eigenvalue weighted by atomic mass is 10.1. The highest BCUT2D eigenvalue weighted by atomic mass is 19.4. The molecule has 26 heavy (non-hydrogen) atoms. The van der Waals surface area contributed by atoms with Crippen LogP contribution in [-0.4, -0.2) is 48.7 Å². The lowest BCUT2D eigenvalue weighted by Gasteiger charge is -2.35. The van der Waals surface area contributed by atoms with Gasteiger partial charge in [-0.15, -0.1) is 0 Å². The Morgan fingerprint density at radius 1 is 1.19 bits per heavy atom. The van der Waals surface area contributed by atoms with Crippen LogP contribution in [0.25, 0.3) is 6.08 Å². The molecule has 0 spiro atoms. The van der Waals surface area contributed by atoms with Gasteiger partial charge in [-0.3, -0.25) is 4.79 Å². The number of morpholine rings is 1. The molecule has 0 N–H and O–H groups in total. The molecule has 0 aromatic heterocycles. The molecule has 0 saturated carbocycles. The molecule has 1 amide bonds. The number of alkyl halides is 3. The quantitative estimate of drug-likeness (QED) is 0.603. The maximum atomic E-state index is 12.5. The molecule has 5 nitrogen and oxygen atoms in total. The molecule has 0 aliphatic carbocycles. The lowest BCUT2D eigenvalue weighted by Crippen LogP contribution is -2.49. The van der Waals surface area contributed by atoms with Crippen molar-refractivity contribution in [3.63, 3.8) is 0 Å². The summed E-state index contributed by atoms with van der Waals surface area (Å²) >= 11 is 0. The molecule has 1 saturated heterocycles. The van der Waals surface area contributed by atoms with Crippen LogP contribution in [0, 0.1) is 0 Å². The molecule has 1 heterocycles. The Morgan fingerprint density at radius 2 is 1.77 bits per heavy atom. The normalized spacial score (nSPS) is 21.0. The van der Waals surface area contributed by atoms with Crippen LogP contribution in [0.15, 0.2) is 30.3 Å². The number of amides is 1. The third-order valence-corrected chi connectivity index (χ3v) is 3.76. The predicted octanol–water partition coefficient (Wildman–Crippen LogP) is 2.90. The fourth-order valence-corrected chi connectivity index (χ4v) is 2.60. The maximum absolute atomic E-state index is 12.5. The van der Waals surface area contributed by atoms with Gasteiger partial charge in [0.2, 0.25) is 0 Å². The zero-order chi connectivity index (χ0) is 19.3. The van der Waals surface area contributed by atoms with Crippen LogP contribution < -0.4 is 0 Å². The molecule has 1 fully saturated rings. The van der Waals surface area contributed by atoms with E-state index >= 15 is 0 Å². The maximum Gasteiger partial charge on any atom is 0.416 e. The van der Waals surface area contributed by atoms with Crippen molar-refractivity contribution in [3.05, 3.63) is 41.5 Å². The van der Waals surface area contributed by atoms with Gasteiger partial charge in [-0.25, -0.2) is 4.79 Å². The predicted molar refractivity (Wildman–Crippen MR) is 88.0 cm³/mol. The summed E-state index contributed by atoms with van der Waals surface area (Å²) in [6, 6.07) is 4.34. The Morgan fingerprint density at radius 3 is 2.31 bits per heavy atom. The summed E-state index contributed by atoms with van der Waals surface area (Å²) in [5, 5.41) is 0. The summed E-state index contributed by atoms with van der Waals surface area (Å²) in [6.45, 7) is 4.18. The Kier molecular flexibility index (Phi) is 6.42. The van der Waals surface area contributed by atoms with Gasteiger partial charge in [-0.1, -0.05) is 12.1 Å². The van der Waals surface area contributed by atoms with Gasteiger partial charge in [-0.05, 0) is 37.6 Å². The zero-order valence-corrected chi connectivity index (χ0v) is 14.5. The van der Waals surface area contributed by atoms with Crippen LogP contribution in [0.1, 0.15) is 25.0 Å². The number of benzene rings is 1. The highest BCUT2D eigenvalue weighted by Gasteiger charge is 2.30. The van der Waals surface area contributed by atoms with Crippen molar-refractivity contribution in [3.8, 4) is 0 Å². The van der Waals surface area contributed by atoms with E-state index in [4.69, 9.17) is 9.47 Å². The van der Waals surface area contributed by atoms with Crippen molar-refractivity contribution in [2.45, 2.75) is 32.2 Å². The summed E-state index contributed by atoms with van der Waals surface area (Å²) in [5.41, 5.74) is -0.353. The van der Waals surface area contributed by atoms with E-state index in [9.17, 15) is 22.8 Å². The first-order valence-corrected chi connectivity index (χ1v) is 8.10. The van der Waals surface area contributed by atoms with E-state index in [0.29, 0.717) is 18.7 Å². The molecule has 142 valence electrons. The molecular formula is C18H20F3NO4. The molecule has 2 rings (SSSR count). The molecule has 2 atom stereocenters. The molecule has 2 unspecified atom stereocenters. The topological polar surface area (TPSA) is 55.8 Å². The van der Waals surface area contributed by atoms with Crippen LogP contribution >= 0.6 is 0 Å². The number of hydrogen-bond donors (Lipinski definition) is 0. The molecule has 1 aromatic carbocycles. The molecule has 0 radical (unpaired) electrons. The van der Waals surface area contributed by atoms with Gasteiger partial charge in [0.1, 0.15) is 0 Å². The minimum atomic E-state index is -4.41. The van der Waals surface area contributed by atoms with Crippen molar-refractivity contribution in [1.29, 1.82) is 0 Å². The van der Waals surface area contributed by atoms with Crippen molar-refractivity contribution >= 4 is 18.0 Å². The van der Waals surface area contributed by atoms with E-state index in [0.717, 1.165) is 18.2 Å². The second-order valence-electron chi connectivity index (χ2n) is 6.12. The molecular weight excluding hydrogens is 351 g/mol. The van der Waals surface area contributed by atoms with Crippen LogP contribution in [0.3, 0.4) is 0 Å². The van der Waals surface area contributed by atoms with Crippen molar-refractivity contribution in [2.24, 2.45) is 0 Å². The van der Waals surface area contributed by atoms with E-state index < -0.39 is 24.3 Å². The average molecular weight is 371 g/mol. The number of carbonyl (C=O) groups is 2. The molecule has 1 aliphatic heterocycles. The van der Waals surface area contributed by atoms with Crippen LogP contribution in [-0.2, 0) is 25.2 Å². The third-order valence-electron chi connectivity index (χ3n) is 3.76. The minimum Gasteiger partial charge on any atom is -0.452 e. The number of carbonyl (C=O) groups excluding carboxylic acids is 2. The first-order chi connectivity index (χ1) is 12.1. The highest BCUT2D eigenvalue weighted by molar-refractivity contribution is 5.89. The summed E-state index contributed by atoms with van der Waals surface area (Å²) < 4.78 is 47.8. The lowest BCUT2D eigenvalue weighted by molar-refractivity contribution is -0.154. The van der Waals surface area contributed by atoms with Gasteiger partial charge in [0.05, 0.1) is 17.8 Å². The van der Waals surface area contributed by atoms with E-state index in [1.54, 1.807) is 4.90 Å². The Bertz CT molecular complexity index is 660. The van der Waals surface area contributed by atoms with E-state index in [2.05, 4.69) is 0 Å². The molecule has 8 heteroatoms. The first-order valence-electron chi connectivity index (χ1n) is 8.10. The zero-order valence-electron chi connectivity index (χ0n) is 14.5. The molecule has 0 bridgehead atoms. The van der Waals surface area contributed by atoms with E-state index in [1.165, 1.54) is 18.2 Å². The summed E-state index contributed by atoms with van der Waals surface area (Å²) in [6.07, 6.45) is -2.18. The van der Waals surface area contributed by atoms with Crippen LogP contribution in [0.4, 0.5) is 13.2 Å². The van der Waals surface area contributed by atoms with Gasteiger partial charge >= 0.3 is 12.1 Å². The number of hydrogen-bond acceptors (Lipinski definition) is 4. The van der Waals surface area contributed by atoms with Crippen LogP contribution in [0.5, 0.6) is 0 Å². The summed E-state index contributed by atoms with van der Waals surface area (Å²) in [5.74, 6) is -1.06. The third kappa shape index (κ3) is 5.87. The first kappa shape index (κ1) is 20.0.